The second-order valence-corrected chi connectivity index (χ2v) is 7.60. The highest BCUT2D eigenvalue weighted by Crippen LogP contribution is 2.34. The lowest BCUT2D eigenvalue weighted by Gasteiger charge is -2.11. The number of methoxy groups -OCH3 is 1. The summed E-state index contributed by atoms with van der Waals surface area (Å²) in [5.41, 5.74) is 0.567. The van der Waals surface area contributed by atoms with E-state index in [1.807, 2.05) is 0 Å². The molecular weight excluding hydrogens is 456 g/mol. The van der Waals surface area contributed by atoms with Gasteiger partial charge in [-0.15, -0.1) is 11.3 Å². The van der Waals surface area contributed by atoms with Crippen molar-refractivity contribution in [2.45, 2.75) is 20.8 Å². The van der Waals surface area contributed by atoms with Crippen molar-refractivity contribution in [3.63, 3.8) is 0 Å². The molecule has 2 rings (SSSR count). The zero-order chi connectivity index (χ0) is 23.7. The van der Waals surface area contributed by atoms with E-state index in [1.165, 1.54) is 0 Å². The maximum absolute atomic E-state index is 12.4. The molecule has 0 spiro atoms. The van der Waals surface area contributed by atoms with Gasteiger partial charge in [0.2, 0.25) is 0 Å². The van der Waals surface area contributed by atoms with E-state index in [-0.39, 0.29) is 40.4 Å². The Bertz CT molecular complexity index is 987. The van der Waals surface area contributed by atoms with E-state index in [1.54, 1.807) is 52.1 Å². The van der Waals surface area contributed by atoms with Crippen molar-refractivity contribution in [1.29, 1.82) is 0 Å². The molecule has 0 aliphatic rings. The molecule has 0 aliphatic carbocycles. The summed E-state index contributed by atoms with van der Waals surface area (Å²) in [5.74, 6) is -0.530. The Morgan fingerprint density at radius 2 is 1.59 bits per heavy atom. The van der Waals surface area contributed by atoms with Gasteiger partial charge in [0.25, 0.3) is 5.91 Å². The van der Waals surface area contributed by atoms with Crippen molar-refractivity contribution >= 4 is 51.5 Å². The number of anilines is 1. The Morgan fingerprint density at radius 1 is 1.00 bits per heavy atom. The van der Waals surface area contributed by atoms with Crippen LogP contribution in [0, 0.1) is 6.92 Å². The second-order valence-electron chi connectivity index (χ2n) is 6.17. The molecule has 172 valence electrons. The number of hydrogen-bond acceptors (Lipinski definition) is 9. The Morgan fingerprint density at radius 3 is 2.19 bits per heavy atom. The Hall–Kier alpha value is -3.18. The van der Waals surface area contributed by atoms with Gasteiger partial charge in [-0.3, -0.25) is 10.1 Å². The van der Waals surface area contributed by atoms with Crippen LogP contribution in [0.3, 0.4) is 0 Å². The predicted octanol–water partition coefficient (Wildman–Crippen LogP) is 3.31. The molecule has 0 radical (unpaired) electrons. The molecule has 0 atom stereocenters. The Balaban J connectivity index is 2.06. The van der Waals surface area contributed by atoms with Crippen molar-refractivity contribution in [1.82, 2.24) is 5.32 Å². The van der Waals surface area contributed by atoms with Crippen LogP contribution in [0.2, 0.25) is 0 Å². The summed E-state index contributed by atoms with van der Waals surface area (Å²) in [4.78, 5) is 37.1. The molecule has 1 aromatic carbocycles. The molecule has 0 unspecified atom stereocenters. The highest BCUT2D eigenvalue weighted by Gasteiger charge is 2.27. The molecule has 32 heavy (non-hydrogen) atoms. The van der Waals surface area contributed by atoms with Gasteiger partial charge in [-0.2, -0.15) is 0 Å². The average Bonchev–Trinajstić information content (AvgIpc) is 3.08. The predicted molar refractivity (Wildman–Crippen MR) is 124 cm³/mol. The van der Waals surface area contributed by atoms with E-state index in [0.29, 0.717) is 17.1 Å². The van der Waals surface area contributed by atoms with E-state index in [4.69, 9.17) is 31.2 Å². The van der Waals surface area contributed by atoms with Crippen LogP contribution in [-0.2, 0) is 14.3 Å². The van der Waals surface area contributed by atoms with Gasteiger partial charge in [0.05, 0.1) is 25.9 Å². The van der Waals surface area contributed by atoms with Crippen molar-refractivity contribution in [2.24, 2.45) is 0 Å². The maximum atomic E-state index is 12.4. The van der Waals surface area contributed by atoms with Crippen LogP contribution in [0.25, 0.3) is 0 Å². The number of carbonyl (C=O) groups is 3. The lowest BCUT2D eigenvalue weighted by Crippen LogP contribution is -2.37. The highest BCUT2D eigenvalue weighted by atomic mass is 32.1. The quantitative estimate of drug-likeness (QED) is 0.412. The standard InChI is InChI=1S/C21H24N2O7S2/c1-5-28-19(25)16-12(3)17(20(26)29-6-2)32-18(16)23-21(31)22-15(24)11-30-14-9-7-13(27-4)8-10-14/h7-10H,5-6,11H2,1-4H3,(H2,22,23,24,31). The number of esters is 2. The first-order chi connectivity index (χ1) is 15.3. The van der Waals surface area contributed by atoms with E-state index in [2.05, 4.69) is 10.6 Å². The minimum atomic E-state index is -0.615. The fourth-order valence-corrected chi connectivity index (χ4v) is 3.93. The minimum Gasteiger partial charge on any atom is -0.497 e. The van der Waals surface area contributed by atoms with Gasteiger partial charge in [0.1, 0.15) is 21.4 Å². The third kappa shape index (κ3) is 6.66. The zero-order valence-electron chi connectivity index (χ0n) is 18.1. The smallest absolute Gasteiger partial charge is 0.348 e. The number of hydrogen-bond donors (Lipinski definition) is 2. The molecule has 0 saturated heterocycles. The summed E-state index contributed by atoms with van der Waals surface area (Å²) < 4.78 is 20.6. The number of ether oxygens (including phenoxy) is 4. The van der Waals surface area contributed by atoms with Crippen LogP contribution in [0.1, 0.15) is 39.4 Å². The molecule has 0 bridgehead atoms. The first-order valence-corrected chi connectivity index (χ1v) is 10.9. The van der Waals surface area contributed by atoms with Crippen molar-refractivity contribution in [2.75, 3.05) is 32.2 Å². The first kappa shape index (κ1) is 25.1. The summed E-state index contributed by atoms with van der Waals surface area (Å²) in [6.45, 7) is 5.04. The molecule has 2 N–H and O–H groups in total. The van der Waals surface area contributed by atoms with Crippen LogP contribution in [-0.4, -0.2) is 49.9 Å². The topological polar surface area (TPSA) is 112 Å². The van der Waals surface area contributed by atoms with E-state index >= 15 is 0 Å². The van der Waals surface area contributed by atoms with Crippen LogP contribution >= 0.6 is 23.6 Å². The third-order valence-electron chi connectivity index (χ3n) is 4.00. The van der Waals surface area contributed by atoms with Crippen LogP contribution in [0.15, 0.2) is 24.3 Å². The van der Waals surface area contributed by atoms with Crippen molar-refractivity contribution in [3.8, 4) is 11.5 Å². The largest absolute Gasteiger partial charge is 0.497 e. The first-order valence-electron chi connectivity index (χ1n) is 9.65. The minimum absolute atomic E-state index is 0.0597. The summed E-state index contributed by atoms with van der Waals surface area (Å²) in [6, 6.07) is 6.74. The van der Waals surface area contributed by atoms with Crippen LogP contribution < -0.4 is 20.1 Å². The lowest BCUT2D eigenvalue weighted by molar-refractivity contribution is -0.121. The summed E-state index contributed by atoms with van der Waals surface area (Å²) in [6.07, 6.45) is 0. The summed E-state index contributed by atoms with van der Waals surface area (Å²) in [5, 5.41) is 5.47. The van der Waals surface area contributed by atoms with Crippen LogP contribution in [0.5, 0.6) is 11.5 Å². The molecule has 1 aromatic heterocycles. The van der Waals surface area contributed by atoms with Gasteiger partial charge in [0, 0.05) is 0 Å². The SMILES string of the molecule is CCOC(=O)c1sc(NC(=S)NC(=O)COc2ccc(OC)cc2)c(C(=O)OCC)c1C. The molecule has 0 saturated carbocycles. The van der Waals surface area contributed by atoms with Gasteiger partial charge in [0.15, 0.2) is 11.7 Å². The van der Waals surface area contributed by atoms with Gasteiger partial charge < -0.3 is 24.3 Å². The van der Waals surface area contributed by atoms with Gasteiger partial charge >= 0.3 is 11.9 Å². The molecule has 2 aromatic rings. The molecular formula is C21H24N2O7S2. The van der Waals surface area contributed by atoms with Gasteiger partial charge in [-0.1, -0.05) is 0 Å². The van der Waals surface area contributed by atoms with Crippen LogP contribution in [0.4, 0.5) is 5.00 Å². The molecule has 1 heterocycles. The fraction of sp³-hybridized carbons (Fsp3) is 0.333. The average molecular weight is 481 g/mol. The second kappa shape index (κ2) is 12.0. The molecule has 0 fully saturated rings. The number of carbonyl (C=O) groups excluding carboxylic acids is 3. The number of nitrogens with one attached hydrogen (secondary N) is 2. The van der Waals surface area contributed by atoms with Crippen molar-refractivity contribution < 1.29 is 33.3 Å². The fourth-order valence-electron chi connectivity index (χ4n) is 2.56. The lowest BCUT2D eigenvalue weighted by atomic mass is 10.1. The van der Waals surface area contributed by atoms with E-state index in [9.17, 15) is 14.4 Å². The summed E-state index contributed by atoms with van der Waals surface area (Å²) >= 11 is 6.17. The van der Waals surface area contributed by atoms with E-state index < -0.39 is 17.8 Å². The Kier molecular flexibility index (Phi) is 9.41. The number of amides is 1. The van der Waals surface area contributed by atoms with Gasteiger partial charge in [-0.25, -0.2) is 9.59 Å². The third-order valence-corrected chi connectivity index (χ3v) is 5.39. The normalized spacial score (nSPS) is 10.1. The number of rotatable bonds is 9. The number of thiocarbonyl (C=S) groups is 1. The van der Waals surface area contributed by atoms with E-state index in [0.717, 1.165) is 11.3 Å². The zero-order valence-corrected chi connectivity index (χ0v) is 19.7. The molecule has 9 nitrogen and oxygen atoms in total. The summed E-state index contributed by atoms with van der Waals surface area (Å²) in [7, 11) is 1.55. The monoisotopic (exact) mass is 480 g/mol. The molecule has 1 amide bonds. The highest BCUT2D eigenvalue weighted by molar-refractivity contribution is 7.80. The molecule has 0 aliphatic heterocycles. The maximum Gasteiger partial charge on any atom is 0.348 e. The van der Waals surface area contributed by atoms with Gasteiger partial charge in [-0.05, 0) is 62.8 Å². The Labute approximate surface area is 195 Å². The number of benzene rings is 1. The molecule has 11 heteroatoms. The number of thiophene rings is 1. The van der Waals surface area contributed by atoms with Crippen molar-refractivity contribution in [3.05, 3.63) is 40.3 Å².